The average Bonchev–Trinajstić information content (AvgIpc) is 3.28. The molecule has 6 unspecified atom stereocenters. The van der Waals surface area contributed by atoms with Crippen molar-refractivity contribution >= 4 is 41.3 Å². The normalized spacial score (nSPS) is 40.1. The molecule has 9 heteroatoms. The smallest absolute Gasteiger partial charge is 0.303 e. The molecule has 0 aromatic rings. The van der Waals surface area contributed by atoms with Crippen LogP contribution in [0.1, 0.15) is 19.8 Å². The van der Waals surface area contributed by atoms with E-state index in [9.17, 15) is 19.5 Å². The Hall–Kier alpha value is -1.97. The van der Waals surface area contributed by atoms with Gasteiger partial charge in [0.2, 0.25) is 0 Å². The van der Waals surface area contributed by atoms with Crippen LogP contribution in [0.3, 0.4) is 0 Å². The summed E-state index contributed by atoms with van der Waals surface area (Å²) in [6, 6.07) is -1.05. The third-order valence-electron chi connectivity index (χ3n) is 6.93. The first-order chi connectivity index (χ1) is 14.8. The van der Waals surface area contributed by atoms with Crippen LogP contribution < -0.4 is 0 Å². The molecule has 5 aliphatic rings. The molecule has 3 saturated heterocycles. The molecule has 3 aliphatic heterocycles. The molecule has 2 aliphatic carbocycles. The summed E-state index contributed by atoms with van der Waals surface area (Å²) in [6.45, 7) is 1.35. The molecule has 5 rings (SSSR count). The lowest BCUT2D eigenvalue weighted by Gasteiger charge is -2.54. The second-order valence-electron chi connectivity index (χ2n) is 8.39. The van der Waals surface area contributed by atoms with Crippen molar-refractivity contribution in [1.29, 1.82) is 0 Å². The number of thioether (sulfide) groups is 2. The van der Waals surface area contributed by atoms with Gasteiger partial charge in [-0.15, -0.1) is 23.5 Å². The Morgan fingerprint density at radius 3 is 2.06 bits per heavy atom. The van der Waals surface area contributed by atoms with Crippen molar-refractivity contribution in [2.24, 2.45) is 0 Å². The summed E-state index contributed by atoms with van der Waals surface area (Å²) in [4.78, 5) is 41.3. The third-order valence-corrected chi connectivity index (χ3v) is 9.31. The number of ether oxygens (including phenoxy) is 1. The van der Waals surface area contributed by atoms with Gasteiger partial charge in [0.05, 0.1) is 18.2 Å². The van der Waals surface area contributed by atoms with Crippen LogP contribution in [0.15, 0.2) is 47.6 Å². The molecule has 0 spiro atoms. The molecule has 0 aromatic carbocycles. The standard InChI is InChI=1S/C22H24N2O5S2/c1-12(25)29-16-9-5-7-14-11-22(31-3)19(27)23-17-13(6-4-8-15(17)26)10-21(23,30-2)20(28)24(22)18(14)16/h4-9,15-18,26H,10-11H2,1-3H3. The zero-order valence-electron chi connectivity index (χ0n) is 17.5. The van der Waals surface area contributed by atoms with E-state index in [0.29, 0.717) is 12.8 Å². The number of allylic oxidation sites excluding steroid dienone is 4. The summed E-state index contributed by atoms with van der Waals surface area (Å²) < 4.78 is 5.55. The van der Waals surface area contributed by atoms with Crippen LogP contribution in [-0.4, -0.2) is 79.2 Å². The summed E-state index contributed by atoms with van der Waals surface area (Å²) >= 11 is 2.67. The maximum absolute atomic E-state index is 14.3. The van der Waals surface area contributed by atoms with Gasteiger partial charge in [0, 0.05) is 19.8 Å². The number of fused-ring (bicyclic) bond motifs is 6. The second kappa shape index (κ2) is 7.02. The quantitative estimate of drug-likeness (QED) is 0.640. The first-order valence-corrected chi connectivity index (χ1v) is 12.6. The molecule has 1 N–H and O–H groups in total. The Kier molecular flexibility index (Phi) is 4.73. The predicted molar refractivity (Wildman–Crippen MR) is 119 cm³/mol. The topological polar surface area (TPSA) is 87.2 Å². The molecule has 3 fully saturated rings. The maximum atomic E-state index is 14.3. The number of nitrogens with zero attached hydrogens (tertiary/aromatic N) is 2. The highest BCUT2D eigenvalue weighted by atomic mass is 32.2. The number of rotatable bonds is 3. The zero-order chi connectivity index (χ0) is 22.1. The van der Waals surface area contributed by atoms with Gasteiger partial charge in [0.15, 0.2) is 9.74 Å². The number of amides is 2. The molecule has 6 atom stereocenters. The van der Waals surface area contributed by atoms with E-state index in [1.165, 1.54) is 30.4 Å². The fourth-order valence-corrected chi connectivity index (χ4v) is 7.63. The van der Waals surface area contributed by atoms with Crippen molar-refractivity contribution in [2.45, 2.75) is 53.8 Å². The summed E-state index contributed by atoms with van der Waals surface area (Å²) in [7, 11) is 0. The minimum absolute atomic E-state index is 0.169. The Morgan fingerprint density at radius 1 is 1.00 bits per heavy atom. The Balaban J connectivity index is 1.67. The highest BCUT2D eigenvalue weighted by Crippen LogP contribution is 2.59. The molecule has 0 aromatic heterocycles. The van der Waals surface area contributed by atoms with Gasteiger partial charge < -0.3 is 19.6 Å². The van der Waals surface area contributed by atoms with Crippen LogP contribution in [0, 0.1) is 0 Å². The highest BCUT2D eigenvalue weighted by Gasteiger charge is 2.72. The number of hydrogen-bond donors (Lipinski definition) is 1. The summed E-state index contributed by atoms with van der Waals surface area (Å²) in [5, 5.41) is 10.7. The molecule has 164 valence electrons. The number of carbonyl (C=O) groups excluding carboxylic acids is 3. The number of esters is 1. The van der Waals surface area contributed by atoms with E-state index in [4.69, 9.17) is 4.74 Å². The maximum Gasteiger partial charge on any atom is 0.303 e. The summed E-state index contributed by atoms with van der Waals surface area (Å²) in [5.74, 6) is -0.772. The number of hydrogen-bond acceptors (Lipinski definition) is 7. The third kappa shape index (κ3) is 2.57. The molecule has 3 heterocycles. The first kappa shape index (κ1) is 20.9. The predicted octanol–water partition coefficient (Wildman–Crippen LogP) is 1.61. The molecular formula is C22H24N2O5S2. The molecule has 7 nitrogen and oxygen atoms in total. The van der Waals surface area contributed by atoms with E-state index in [1.54, 1.807) is 28.0 Å². The van der Waals surface area contributed by atoms with Gasteiger partial charge in [0.25, 0.3) is 11.8 Å². The van der Waals surface area contributed by atoms with Crippen LogP contribution in [0.2, 0.25) is 0 Å². The lowest BCUT2D eigenvalue weighted by molar-refractivity contribution is -0.169. The van der Waals surface area contributed by atoms with Gasteiger partial charge in [0.1, 0.15) is 6.10 Å². The Labute approximate surface area is 189 Å². The monoisotopic (exact) mass is 460 g/mol. The Bertz CT molecular complexity index is 1000. The minimum Gasteiger partial charge on any atom is -0.456 e. The molecule has 2 amide bonds. The lowest BCUT2D eigenvalue weighted by atomic mass is 9.95. The fraction of sp³-hybridized carbons (Fsp3) is 0.500. The highest BCUT2D eigenvalue weighted by molar-refractivity contribution is 8.01. The van der Waals surface area contributed by atoms with Crippen molar-refractivity contribution in [3.8, 4) is 0 Å². The second-order valence-corrected chi connectivity index (χ2v) is 10.6. The van der Waals surface area contributed by atoms with Gasteiger partial charge in [-0.3, -0.25) is 14.4 Å². The van der Waals surface area contributed by atoms with Gasteiger partial charge in [-0.1, -0.05) is 30.4 Å². The molecular weight excluding hydrogens is 436 g/mol. The van der Waals surface area contributed by atoms with E-state index in [-0.39, 0.29) is 11.8 Å². The fourth-order valence-electron chi connectivity index (χ4n) is 5.68. The van der Waals surface area contributed by atoms with Gasteiger partial charge in [-0.2, -0.15) is 0 Å². The summed E-state index contributed by atoms with van der Waals surface area (Å²) in [6.07, 6.45) is 13.8. The van der Waals surface area contributed by atoms with E-state index in [0.717, 1.165) is 11.1 Å². The van der Waals surface area contributed by atoms with Crippen molar-refractivity contribution in [3.63, 3.8) is 0 Å². The van der Waals surface area contributed by atoms with Crippen molar-refractivity contribution in [2.75, 3.05) is 12.5 Å². The number of aliphatic hydroxyl groups excluding tert-OH is 1. The minimum atomic E-state index is -1.13. The Morgan fingerprint density at radius 2 is 1.52 bits per heavy atom. The van der Waals surface area contributed by atoms with Gasteiger partial charge >= 0.3 is 5.97 Å². The molecule has 31 heavy (non-hydrogen) atoms. The lowest BCUT2D eigenvalue weighted by Crippen LogP contribution is -2.74. The van der Waals surface area contributed by atoms with E-state index in [2.05, 4.69) is 0 Å². The van der Waals surface area contributed by atoms with Gasteiger partial charge in [-0.05, 0) is 29.7 Å². The molecule has 0 bridgehead atoms. The summed E-state index contributed by atoms with van der Waals surface area (Å²) in [5.41, 5.74) is 1.79. The molecule has 0 saturated carbocycles. The SMILES string of the molecule is CSC12CC3=CC=CC(O)C3N1C(=O)C1(SC)CC3=CC=CC(OC(C)=O)C3N1C2=O. The van der Waals surface area contributed by atoms with Crippen molar-refractivity contribution < 1.29 is 24.2 Å². The average molecular weight is 461 g/mol. The van der Waals surface area contributed by atoms with Crippen LogP contribution >= 0.6 is 23.5 Å². The molecule has 0 radical (unpaired) electrons. The first-order valence-electron chi connectivity index (χ1n) is 10.2. The van der Waals surface area contributed by atoms with Crippen LogP contribution in [0.25, 0.3) is 0 Å². The number of aliphatic hydroxyl groups is 1. The van der Waals surface area contributed by atoms with Crippen molar-refractivity contribution in [1.82, 2.24) is 9.80 Å². The van der Waals surface area contributed by atoms with Crippen LogP contribution in [-0.2, 0) is 19.1 Å². The van der Waals surface area contributed by atoms with E-state index in [1.807, 2.05) is 30.7 Å². The largest absolute Gasteiger partial charge is 0.456 e. The number of piperazine rings is 1. The number of carbonyl (C=O) groups is 3. The van der Waals surface area contributed by atoms with E-state index >= 15 is 0 Å². The van der Waals surface area contributed by atoms with Crippen LogP contribution in [0.4, 0.5) is 0 Å². The van der Waals surface area contributed by atoms with Gasteiger partial charge in [-0.25, -0.2) is 0 Å². The van der Waals surface area contributed by atoms with Crippen LogP contribution in [0.5, 0.6) is 0 Å². The zero-order valence-corrected chi connectivity index (χ0v) is 19.1. The van der Waals surface area contributed by atoms with Crippen molar-refractivity contribution in [3.05, 3.63) is 47.6 Å². The van der Waals surface area contributed by atoms with E-state index < -0.39 is 40.0 Å².